The van der Waals surface area contributed by atoms with Gasteiger partial charge in [0.2, 0.25) is 0 Å². The monoisotopic (exact) mass is 414 g/mol. The topological polar surface area (TPSA) is 102 Å². The molecule has 0 spiro atoms. The van der Waals surface area contributed by atoms with Crippen LogP contribution < -0.4 is 5.69 Å². The van der Waals surface area contributed by atoms with Gasteiger partial charge in [-0.25, -0.2) is 9.78 Å². The minimum atomic E-state index is -0.275. The molecule has 0 saturated heterocycles. The van der Waals surface area contributed by atoms with Gasteiger partial charge in [-0.2, -0.15) is 5.10 Å². The van der Waals surface area contributed by atoms with Crippen molar-refractivity contribution in [1.29, 1.82) is 0 Å². The molecule has 5 aromatic rings. The Kier molecular flexibility index (Phi) is 3.97. The number of nitrogens with one attached hydrogen (secondary N) is 1. The molecule has 1 fully saturated rings. The van der Waals surface area contributed by atoms with Crippen molar-refractivity contribution in [2.75, 3.05) is 0 Å². The van der Waals surface area contributed by atoms with Gasteiger partial charge < -0.3 is 5.11 Å². The molecule has 31 heavy (non-hydrogen) atoms. The van der Waals surface area contributed by atoms with Gasteiger partial charge in [0, 0.05) is 24.0 Å². The Labute approximate surface area is 177 Å². The number of aliphatic hydroxyl groups is 1. The van der Waals surface area contributed by atoms with Crippen LogP contribution >= 0.6 is 0 Å². The van der Waals surface area contributed by atoms with E-state index in [2.05, 4.69) is 21.2 Å². The number of imidazole rings is 1. The maximum absolute atomic E-state index is 13.2. The molecule has 2 N–H and O–H groups in total. The fourth-order valence-electron chi connectivity index (χ4n) is 4.80. The van der Waals surface area contributed by atoms with Gasteiger partial charge >= 0.3 is 5.69 Å². The largest absolute Gasteiger partial charge is 0.393 e. The van der Waals surface area contributed by atoms with Gasteiger partial charge in [-0.3, -0.25) is 19.2 Å². The molecule has 156 valence electrons. The van der Waals surface area contributed by atoms with E-state index in [1.807, 2.05) is 28.8 Å². The summed E-state index contributed by atoms with van der Waals surface area (Å²) in [5.74, 6) is 0. The lowest BCUT2D eigenvalue weighted by atomic mass is 9.93. The molecule has 0 aliphatic heterocycles. The van der Waals surface area contributed by atoms with Crippen molar-refractivity contribution in [3.05, 3.63) is 53.2 Å². The Morgan fingerprint density at radius 2 is 1.94 bits per heavy atom. The normalized spacial score (nSPS) is 19.5. The number of aromatic amines is 1. The molecule has 0 bridgehead atoms. The molecule has 0 radical (unpaired) electrons. The zero-order valence-electron chi connectivity index (χ0n) is 17.1. The summed E-state index contributed by atoms with van der Waals surface area (Å²) in [4.78, 5) is 22.7. The van der Waals surface area contributed by atoms with E-state index >= 15 is 0 Å². The van der Waals surface area contributed by atoms with Gasteiger partial charge in [-0.05, 0) is 49.9 Å². The number of H-pyrrole nitrogens is 1. The van der Waals surface area contributed by atoms with Crippen LogP contribution in [0.2, 0.25) is 0 Å². The first-order chi connectivity index (χ1) is 15.1. The van der Waals surface area contributed by atoms with Crippen molar-refractivity contribution in [3.63, 3.8) is 0 Å². The number of pyridine rings is 2. The standard InChI is InChI=1S/C23H22N6O2/c1-28-20-12-24-19-9-8-17(13-2-7-18-14(10-13)11-25-27-18)26-21(19)22(20)29(23(28)31)15-3-5-16(30)6-4-15/h2,7-12,15-16,30H,3-6H2,1H3,(H,25,27). The zero-order valence-corrected chi connectivity index (χ0v) is 17.1. The fraction of sp³-hybridized carbons (Fsp3) is 0.304. The summed E-state index contributed by atoms with van der Waals surface area (Å²) in [6.07, 6.45) is 6.25. The van der Waals surface area contributed by atoms with Crippen molar-refractivity contribution >= 4 is 33.0 Å². The molecule has 1 aromatic carbocycles. The van der Waals surface area contributed by atoms with Crippen molar-refractivity contribution in [2.45, 2.75) is 37.8 Å². The molecule has 1 saturated carbocycles. The third-order valence-electron chi connectivity index (χ3n) is 6.53. The van der Waals surface area contributed by atoms with Crippen molar-refractivity contribution < 1.29 is 5.11 Å². The number of hydrogen-bond acceptors (Lipinski definition) is 5. The average Bonchev–Trinajstić information content (AvgIpc) is 3.36. The summed E-state index contributed by atoms with van der Waals surface area (Å²) in [6.45, 7) is 0. The first-order valence-electron chi connectivity index (χ1n) is 10.6. The number of fused-ring (bicyclic) bond motifs is 4. The van der Waals surface area contributed by atoms with Crippen LogP contribution in [-0.2, 0) is 7.05 Å². The summed E-state index contributed by atoms with van der Waals surface area (Å²) < 4.78 is 3.53. The summed E-state index contributed by atoms with van der Waals surface area (Å²) in [5.41, 5.74) is 5.82. The molecule has 8 heteroatoms. The summed E-state index contributed by atoms with van der Waals surface area (Å²) in [7, 11) is 1.78. The molecule has 0 amide bonds. The molecule has 6 rings (SSSR count). The lowest BCUT2D eigenvalue weighted by Gasteiger charge is -2.26. The molecule has 0 atom stereocenters. The maximum atomic E-state index is 13.2. The lowest BCUT2D eigenvalue weighted by molar-refractivity contribution is 0.111. The van der Waals surface area contributed by atoms with Crippen molar-refractivity contribution in [2.24, 2.45) is 7.05 Å². The SMILES string of the molecule is Cn1c(=O)n(C2CCC(O)CC2)c2c3nc(-c4ccc5[nH]ncc5c4)ccc3ncc21. The number of aromatic nitrogens is 6. The van der Waals surface area contributed by atoms with Crippen LogP contribution in [0.3, 0.4) is 0 Å². The van der Waals surface area contributed by atoms with Crippen molar-refractivity contribution in [1.82, 2.24) is 29.3 Å². The van der Waals surface area contributed by atoms with E-state index in [4.69, 9.17) is 4.98 Å². The first-order valence-corrected chi connectivity index (χ1v) is 10.6. The minimum Gasteiger partial charge on any atom is -0.393 e. The van der Waals surface area contributed by atoms with Crippen LogP contribution in [0.4, 0.5) is 0 Å². The quantitative estimate of drug-likeness (QED) is 0.461. The van der Waals surface area contributed by atoms with E-state index in [9.17, 15) is 9.90 Å². The second-order valence-corrected chi connectivity index (χ2v) is 8.40. The smallest absolute Gasteiger partial charge is 0.329 e. The summed E-state index contributed by atoms with van der Waals surface area (Å²) in [6, 6.07) is 10.0. The van der Waals surface area contributed by atoms with Crippen LogP contribution in [-0.4, -0.2) is 40.5 Å². The van der Waals surface area contributed by atoms with E-state index in [-0.39, 0.29) is 17.8 Å². The Hall–Kier alpha value is -3.52. The number of benzene rings is 1. The summed E-state index contributed by atoms with van der Waals surface area (Å²) >= 11 is 0. The molecular formula is C23H22N6O2. The highest BCUT2D eigenvalue weighted by molar-refractivity contribution is 6.00. The molecule has 8 nitrogen and oxygen atoms in total. The number of hydrogen-bond donors (Lipinski definition) is 2. The number of aryl methyl sites for hydroxylation is 1. The molecule has 1 aliphatic carbocycles. The van der Waals surface area contributed by atoms with Gasteiger partial charge in [0.25, 0.3) is 0 Å². The predicted octanol–water partition coefficient (Wildman–Crippen LogP) is 3.30. The van der Waals surface area contributed by atoms with Crippen LogP contribution in [0, 0.1) is 0 Å². The highest BCUT2D eigenvalue weighted by Crippen LogP contribution is 2.33. The lowest BCUT2D eigenvalue weighted by Crippen LogP contribution is -2.29. The van der Waals surface area contributed by atoms with Gasteiger partial charge in [-0.15, -0.1) is 0 Å². The van der Waals surface area contributed by atoms with Crippen LogP contribution in [0.1, 0.15) is 31.7 Å². The molecular weight excluding hydrogens is 392 g/mol. The zero-order chi connectivity index (χ0) is 21.1. The highest BCUT2D eigenvalue weighted by atomic mass is 16.3. The van der Waals surface area contributed by atoms with E-state index in [0.717, 1.165) is 57.1 Å². The second kappa shape index (κ2) is 6.75. The summed E-state index contributed by atoms with van der Waals surface area (Å²) in [5, 5.41) is 18.0. The van der Waals surface area contributed by atoms with Gasteiger partial charge in [0.1, 0.15) is 5.52 Å². The fourth-order valence-corrected chi connectivity index (χ4v) is 4.80. The maximum Gasteiger partial charge on any atom is 0.329 e. The Bertz CT molecular complexity index is 1500. The second-order valence-electron chi connectivity index (χ2n) is 8.40. The molecule has 4 aromatic heterocycles. The van der Waals surface area contributed by atoms with Crippen LogP contribution in [0.5, 0.6) is 0 Å². The van der Waals surface area contributed by atoms with E-state index in [0.29, 0.717) is 12.8 Å². The highest BCUT2D eigenvalue weighted by Gasteiger charge is 2.26. The van der Waals surface area contributed by atoms with E-state index in [1.165, 1.54) is 0 Å². The Balaban J connectivity index is 1.59. The minimum absolute atomic E-state index is 0.0536. The number of aliphatic hydroxyl groups excluding tert-OH is 1. The van der Waals surface area contributed by atoms with Gasteiger partial charge in [0.15, 0.2) is 0 Å². The predicted molar refractivity (Wildman–Crippen MR) is 119 cm³/mol. The third kappa shape index (κ3) is 2.79. The molecule has 0 unspecified atom stereocenters. The number of nitrogens with zero attached hydrogens (tertiary/aromatic N) is 5. The molecule has 1 aliphatic rings. The van der Waals surface area contributed by atoms with E-state index < -0.39 is 0 Å². The van der Waals surface area contributed by atoms with Gasteiger partial charge in [-0.1, -0.05) is 6.07 Å². The van der Waals surface area contributed by atoms with Crippen molar-refractivity contribution in [3.8, 4) is 11.3 Å². The first kappa shape index (κ1) is 18.3. The van der Waals surface area contributed by atoms with Crippen LogP contribution in [0.15, 0.2) is 47.5 Å². The van der Waals surface area contributed by atoms with Gasteiger partial charge in [0.05, 0.1) is 46.3 Å². The van der Waals surface area contributed by atoms with Crippen LogP contribution in [0.25, 0.3) is 44.2 Å². The molecule has 4 heterocycles. The average molecular weight is 414 g/mol. The number of rotatable bonds is 2. The Morgan fingerprint density at radius 3 is 2.77 bits per heavy atom. The van der Waals surface area contributed by atoms with E-state index in [1.54, 1.807) is 24.0 Å². The Morgan fingerprint density at radius 1 is 1.10 bits per heavy atom. The third-order valence-corrected chi connectivity index (χ3v) is 6.53.